The van der Waals surface area contributed by atoms with Crippen LogP contribution in [-0.4, -0.2) is 71.7 Å². The summed E-state index contributed by atoms with van der Waals surface area (Å²) in [7, 11) is 0. The van der Waals surface area contributed by atoms with Crippen LogP contribution in [0.3, 0.4) is 0 Å². The third-order valence-corrected chi connectivity index (χ3v) is 5.10. The van der Waals surface area contributed by atoms with Gasteiger partial charge in [-0.15, -0.1) is 0 Å². The Morgan fingerprint density at radius 3 is 2.65 bits per heavy atom. The van der Waals surface area contributed by atoms with E-state index in [-0.39, 0.29) is 30.6 Å². The van der Waals surface area contributed by atoms with Gasteiger partial charge in [0, 0.05) is 37.9 Å². The Hall–Kier alpha value is -2.12. The second-order valence-corrected chi connectivity index (χ2v) is 7.11. The lowest BCUT2D eigenvalue weighted by atomic mass is 10.0. The van der Waals surface area contributed by atoms with Crippen molar-refractivity contribution in [3.63, 3.8) is 0 Å². The Labute approximate surface area is 154 Å². The highest BCUT2D eigenvalue weighted by atomic mass is 16.3. The molecule has 0 aliphatic carbocycles. The maximum absolute atomic E-state index is 12.6. The third kappa shape index (κ3) is 5.19. The lowest BCUT2D eigenvalue weighted by molar-refractivity contribution is -0.134. The van der Waals surface area contributed by atoms with E-state index >= 15 is 0 Å². The molecule has 2 fully saturated rings. The van der Waals surface area contributed by atoms with Crippen molar-refractivity contribution in [1.82, 2.24) is 15.1 Å². The molecule has 142 valence electrons. The molecule has 7 heteroatoms. The number of urea groups is 1. The monoisotopic (exact) mass is 360 g/mol. The van der Waals surface area contributed by atoms with Gasteiger partial charge in [0.2, 0.25) is 5.91 Å². The highest BCUT2D eigenvalue weighted by Gasteiger charge is 2.30. The van der Waals surface area contributed by atoms with Crippen LogP contribution in [0.1, 0.15) is 25.7 Å². The van der Waals surface area contributed by atoms with Gasteiger partial charge in [0.25, 0.3) is 0 Å². The SMILES string of the molecule is O=C(NCC(=O)N1CCCC[C@H]1CN1CC[C@H](O)C1)Nc1ccccc1. The second kappa shape index (κ2) is 9.00. The molecule has 0 bridgehead atoms. The van der Waals surface area contributed by atoms with E-state index in [0.717, 1.165) is 45.3 Å². The number of rotatable bonds is 5. The number of nitrogens with zero attached hydrogens (tertiary/aromatic N) is 2. The zero-order valence-electron chi connectivity index (χ0n) is 15.1. The molecule has 0 unspecified atom stereocenters. The molecule has 2 saturated heterocycles. The van der Waals surface area contributed by atoms with E-state index < -0.39 is 0 Å². The second-order valence-electron chi connectivity index (χ2n) is 7.11. The fourth-order valence-electron chi connectivity index (χ4n) is 3.75. The van der Waals surface area contributed by atoms with Crippen molar-refractivity contribution in [3.05, 3.63) is 30.3 Å². The molecule has 1 aromatic rings. The first kappa shape index (κ1) is 18.7. The number of benzene rings is 1. The molecule has 2 aliphatic heterocycles. The number of carbonyl (C=O) groups is 2. The first-order valence-corrected chi connectivity index (χ1v) is 9.41. The van der Waals surface area contributed by atoms with E-state index in [1.807, 2.05) is 23.1 Å². The summed E-state index contributed by atoms with van der Waals surface area (Å²) < 4.78 is 0. The number of para-hydroxylation sites is 1. The minimum Gasteiger partial charge on any atom is -0.392 e. The van der Waals surface area contributed by atoms with Gasteiger partial charge in [-0.3, -0.25) is 9.69 Å². The minimum atomic E-state index is -0.374. The van der Waals surface area contributed by atoms with Crippen molar-refractivity contribution in [2.75, 3.05) is 38.0 Å². The number of nitrogens with one attached hydrogen (secondary N) is 2. The lowest BCUT2D eigenvalue weighted by Crippen LogP contribution is -2.52. The Morgan fingerprint density at radius 2 is 1.92 bits per heavy atom. The molecule has 2 aliphatic rings. The number of aliphatic hydroxyl groups excluding tert-OH is 1. The summed E-state index contributed by atoms with van der Waals surface area (Å²) in [6.07, 6.45) is 3.66. The van der Waals surface area contributed by atoms with E-state index in [4.69, 9.17) is 0 Å². The smallest absolute Gasteiger partial charge is 0.319 e. The number of carbonyl (C=O) groups excluding carboxylic acids is 2. The highest BCUT2D eigenvalue weighted by molar-refractivity contribution is 5.92. The molecule has 0 aromatic heterocycles. The van der Waals surface area contributed by atoms with Gasteiger partial charge in [0.05, 0.1) is 12.6 Å². The number of piperidine rings is 1. The first-order valence-electron chi connectivity index (χ1n) is 9.41. The van der Waals surface area contributed by atoms with Gasteiger partial charge in [-0.2, -0.15) is 0 Å². The normalized spacial score (nSPS) is 23.7. The van der Waals surface area contributed by atoms with Crippen LogP contribution in [0.25, 0.3) is 0 Å². The van der Waals surface area contributed by atoms with E-state index in [1.165, 1.54) is 0 Å². The number of likely N-dealkylation sites (tertiary alicyclic amines) is 2. The van der Waals surface area contributed by atoms with E-state index in [0.29, 0.717) is 12.2 Å². The van der Waals surface area contributed by atoms with Crippen LogP contribution in [0.5, 0.6) is 0 Å². The van der Waals surface area contributed by atoms with Gasteiger partial charge in [-0.05, 0) is 37.8 Å². The van der Waals surface area contributed by atoms with Crippen molar-refractivity contribution in [3.8, 4) is 0 Å². The molecule has 0 spiro atoms. The summed E-state index contributed by atoms with van der Waals surface area (Å²) >= 11 is 0. The quantitative estimate of drug-likeness (QED) is 0.738. The van der Waals surface area contributed by atoms with Crippen molar-refractivity contribution in [2.24, 2.45) is 0 Å². The van der Waals surface area contributed by atoms with Crippen LogP contribution >= 0.6 is 0 Å². The number of anilines is 1. The molecule has 1 aromatic carbocycles. The van der Waals surface area contributed by atoms with Crippen LogP contribution in [0.2, 0.25) is 0 Å². The molecular weight excluding hydrogens is 332 g/mol. The average molecular weight is 360 g/mol. The average Bonchev–Trinajstić information content (AvgIpc) is 3.06. The largest absolute Gasteiger partial charge is 0.392 e. The first-order chi connectivity index (χ1) is 12.6. The molecule has 3 N–H and O–H groups in total. The van der Waals surface area contributed by atoms with Crippen molar-refractivity contribution in [1.29, 1.82) is 0 Å². The predicted molar refractivity (Wildman–Crippen MR) is 99.9 cm³/mol. The predicted octanol–water partition coefficient (Wildman–Crippen LogP) is 1.26. The summed E-state index contributed by atoms with van der Waals surface area (Å²) in [5, 5.41) is 15.1. The van der Waals surface area contributed by atoms with E-state index in [2.05, 4.69) is 15.5 Å². The van der Waals surface area contributed by atoms with Crippen LogP contribution in [0.4, 0.5) is 10.5 Å². The summed E-state index contributed by atoms with van der Waals surface area (Å²) in [5.74, 6) is -0.0438. The van der Waals surface area contributed by atoms with Crippen LogP contribution in [-0.2, 0) is 4.79 Å². The standard InChI is InChI=1S/C19H28N4O3/c24-17-9-11-22(14-17)13-16-8-4-5-10-23(16)18(25)12-20-19(26)21-15-6-2-1-3-7-15/h1-3,6-7,16-17,24H,4-5,8-14H2,(H2,20,21,26)/t16-,17-/m0/s1. The molecule has 2 atom stereocenters. The van der Waals surface area contributed by atoms with Gasteiger partial charge in [-0.1, -0.05) is 18.2 Å². The number of amides is 3. The van der Waals surface area contributed by atoms with Gasteiger partial charge in [0.1, 0.15) is 0 Å². The summed E-state index contributed by atoms with van der Waals surface area (Å²) in [6, 6.07) is 8.95. The maximum Gasteiger partial charge on any atom is 0.319 e. The van der Waals surface area contributed by atoms with Gasteiger partial charge in [0.15, 0.2) is 0 Å². The van der Waals surface area contributed by atoms with Gasteiger partial charge in [-0.25, -0.2) is 4.79 Å². The van der Waals surface area contributed by atoms with Crippen LogP contribution < -0.4 is 10.6 Å². The molecule has 0 radical (unpaired) electrons. The molecule has 3 amide bonds. The topological polar surface area (TPSA) is 84.9 Å². The molecule has 3 rings (SSSR count). The number of hydrogen-bond donors (Lipinski definition) is 3. The Bertz CT molecular complexity index is 610. The zero-order valence-corrected chi connectivity index (χ0v) is 15.1. The highest BCUT2D eigenvalue weighted by Crippen LogP contribution is 2.20. The van der Waals surface area contributed by atoms with Crippen molar-refractivity contribution >= 4 is 17.6 Å². The van der Waals surface area contributed by atoms with Crippen molar-refractivity contribution in [2.45, 2.75) is 37.8 Å². The Kier molecular flexibility index (Phi) is 6.46. The molecule has 2 heterocycles. The lowest BCUT2D eigenvalue weighted by Gasteiger charge is -2.38. The summed E-state index contributed by atoms with van der Waals surface area (Å²) in [6.45, 7) is 3.12. The number of hydrogen-bond acceptors (Lipinski definition) is 4. The summed E-state index contributed by atoms with van der Waals surface area (Å²) in [5.41, 5.74) is 0.695. The maximum atomic E-state index is 12.6. The zero-order chi connectivity index (χ0) is 18.4. The van der Waals surface area contributed by atoms with Crippen molar-refractivity contribution < 1.29 is 14.7 Å². The van der Waals surface area contributed by atoms with Gasteiger partial charge >= 0.3 is 6.03 Å². The minimum absolute atomic E-state index is 0.00219. The van der Waals surface area contributed by atoms with Crippen LogP contribution in [0.15, 0.2) is 30.3 Å². The molecule has 26 heavy (non-hydrogen) atoms. The Morgan fingerprint density at radius 1 is 1.12 bits per heavy atom. The molecule has 0 saturated carbocycles. The Balaban J connectivity index is 1.47. The van der Waals surface area contributed by atoms with E-state index in [1.54, 1.807) is 12.1 Å². The summed E-state index contributed by atoms with van der Waals surface area (Å²) in [4.78, 5) is 28.7. The third-order valence-electron chi connectivity index (χ3n) is 5.10. The fourth-order valence-corrected chi connectivity index (χ4v) is 3.75. The van der Waals surface area contributed by atoms with Gasteiger partial charge < -0.3 is 20.6 Å². The fraction of sp³-hybridized carbons (Fsp3) is 0.579. The van der Waals surface area contributed by atoms with Crippen LogP contribution in [0, 0.1) is 0 Å². The number of β-amino-alcohol motifs (C(OH)–C–C–N with tert-alkyl or cyclic N) is 1. The van der Waals surface area contributed by atoms with E-state index in [9.17, 15) is 14.7 Å². The number of aliphatic hydroxyl groups is 1. The molecular formula is C19H28N4O3. The molecule has 7 nitrogen and oxygen atoms in total.